The molecule has 4 aromatic rings. The second kappa shape index (κ2) is 9.23. The average Bonchev–Trinajstić information content (AvgIpc) is 3.10. The van der Waals surface area contributed by atoms with E-state index in [-0.39, 0.29) is 6.61 Å². The van der Waals surface area contributed by atoms with E-state index in [9.17, 15) is 5.11 Å². The van der Waals surface area contributed by atoms with Gasteiger partial charge in [0.2, 0.25) is 0 Å². The fourth-order valence-electron chi connectivity index (χ4n) is 3.60. The molecule has 1 N–H and O–H groups in total. The van der Waals surface area contributed by atoms with Crippen molar-refractivity contribution >= 4 is 11.0 Å². The van der Waals surface area contributed by atoms with Crippen LogP contribution < -0.4 is 9.47 Å². The van der Waals surface area contributed by atoms with Gasteiger partial charge in [-0.3, -0.25) is 0 Å². The van der Waals surface area contributed by atoms with Gasteiger partial charge in [0.05, 0.1) is 17.6 Å². The molecule has 0 bridgehead atoms. The lowest BCUT2D eigenvalue weighted by molar-refractivity contribution is 0.0914. The van der Waals surface area contributed by atoms with Gasteiger partial charge in [-0.15, -0.1) is 0 Å². The quantitative estimate of drug-likeness (QED) is 0.440. The molecule has 4 rings (SSSR count). The molecular formula is C26H28N2O3. The summed E-state index contributed by atoms with van der Waals surface area (Å²) >= 11 is 0. The standard InChI is InChI=1S/C26H28N2O3/c1-18-7-6-8-22(13-18)30-17-26-27-23-9-4-5-10-24(23)28(26)15-21(29)16-31-25-14-19(2)11-12-20(25)3/h4-14,21,29H,15-17H2,1-3H3/t21-/m0/s1. The highest BCUT2D eigenvalue weighted by atomic mass is 16.5. The van der Waals surface area contributed by atoms with Crippen LogP contribution in [0.15, 0.2) is 66.7 Å². The molecule has 0 unspecified atom stereocenters. The van der Waals surface area contributed by atoms with E-state index in [0.29, 0.717) is 13.2 Å². The Morgan fingerprint density at radius 1 is 0.903 bits per heavy atom. The van der Waals surface area contributed by atoms with E-state index in [0.717, 1.165) is 45.0 Å². The van der Waals surface area contributed by atoms with Gasteiger partial charge in [0.25, 0.3) is 0 Å². The molecule has 0 aliphatic rings. The number of benzene rings is 3. The van der Waals surface area contributed by atoms with Gasteiger partial charge < -0.3 is 19.1 Å². The lowest BCUT2D eigenvalue weighted by atomic mass is 10.1. The van der Waals surface area contributed by atoms with E-state index < -0.39 is 6.10 Å². The molecule has 0 amide bonds. The molecule has 0 aliphatic heterocycles. The highest BCUT2D eigenvalue weighted by Crippen LogP contribution is 2.21. The lowest BCUT2D eigenvalue weighted by Gasteiger charge is -2.17. The van der Waals surface area contributed by atoms with Gasteiger partial charge in [0, 0.05) is 0 Å². The monoisotopic (exact) mass is 416 g/mol. The maximum Gasteiger partial charge on any atom is 0.148 e. The second-order valence-corrected chi connectivity index (χ2v) is 7.97. The molecule has 5 heteroatoms. The summed E-state index contributed by atoms with van der Waals surface area (Å²) in [6, 6.07) is 21.9. The van der Waals surface area contributed by atoms with Gasteiger partial charge in [0.1, 0.15) is 36.6 Å². The smallest absolute Gasteiger partial charge is 0.148 e. The number of hydrogen-bond acceptors (Lipinski definition) is 4. The van der Waals surface area contributed by atoms with Crippen molar-refractivity contribution in [1.29, 1.82) is 0 Å². The molecule has 3 aromatic carbocycles. The van der Waals surface area contributed by atoms with Crippen molar-refractivity contribution in [2.75, 3.05) is 6.61 Å². The Morgan fingerprint density at radius 2 is 1.71 bits per heavy atom. The van der Waals surface area contributed by atoms with E-state index >= 15 is 0 Å². The van der Waals surface area contributed by atoms with Crippen LogP contribution in [0.2, 0.25) is 0 Å². The summed E-state index contributed by atoms with van der Waals surface area (Å²) in [6.07, 6.45) is -0.685. The first-order chi connectivity index (χ1) is 15.0. The minimum atomic E-state index is -0.685. The van der Waals surface area contributed by atoms with Crippen molar-refractivity contribution < 1.29 is 14.6 Å². The van der Waals surface area contributed by atoms with Crippen molar-refractivity contribution in [2.45, 2.75) is 40.0 Å². The van der Waals surface area contributed by atoms with Gasteiger partial charge in [-0.1, -0.05) is 36.4 Å². The van der Waals surface area contributed by atoms with Gasteiger partial charge in [-0.05, 0) is 67.8 Å². The third-order valence-corrected chi connectivity index (χ3v) is 5.26. The number of ether oxygens (including phenoxy) is 2. The van der Waals surface area contributed by atoms with Crippen LogP contribution in [0.5, 0.6) is 11.5 Å². The topological polar surface area (TPSA) is 56.5 Å². The van der Waals surface area contributed by atoms with Gasteiger partial charge in [-0.25, -0.2) is 4.98 Å². The highest BCUT2D eigenvalue weighted by molar-refractivity contribution is 5.75. The molecule has 0 spiro atoms. The Bertz CT molecular complexity index is 1180. The number of para-hydroxylation sites is 2. The fraction of sp³-hybridized carbons (Fsp3) is 0.269. The predicted octanol–water partition coefficient (Wildman–Crippen LogP) is 4.98. The molecule has 0 fully saturated rings. The molecule has 0 saturated heterocycles. The van der Waals surface area contributed by atoms with Gasteiger partial charge in [-0.2, -0.15) is 0 Å². The summed E-state index contributed by atoms with van der Waals surface area (Å²) in [4.78, 5) is 4.73. The van der Waals surface area contributed by atoms with Crippen molar-refractivity contribution in [3.63, 3.8) is 0 Å². The lowest BCUT2D eigenvalue weighted by Crippen LogP contribution is -2.25. The van der Waals surface area contributed by atoms with Crippen LogP contribution in [0.4, 0.5) is 0 Å². The molecule has 0 radical (unpaired) electrons. The van der Waals surface area contributed by atoms with Crippen molar-refractivity contribution in [2.24, 2.45) is 0 Å². The van der Waals surface area contributed by atoms with E-state index in [1.165, 1.54) is 0 Å². The third-order valence-electron chi connectivity index (χ3n) is 5.26. The number of aromatic nitrogens is 2. The zero-order valence-electron chi connectivity index (χ0n) is 18.2. The number of aliphatic hydroxyl groups excluding tert-OH is 1. The number of fused-ring (bicyclic) bond motifs is 1. The highest BCUT2D eigenvalue weighted by Gasteiger charge is 2.16. The Labute approximate surface area is 182 Å². The minimum Gasteiger partial charge on any atom is -0.491 e. The van der Waals surface area contributed by atoms with E-state index in [4.69, 9.17) is 14.5 Å². The molecule has 31 heavy (non-hydrogen) atoms. The van der Waals surface area contributed by atoms with Gasteiger partial charge >= 0.3 is 0 Å². The van der Waals surface area contributed by atoms with Crippen LogP contribution in [0.3, 0.4) is 0 Å². The zero-order valence-corrected chi connectivity index (χ0v) is 18.2. The Morgan fingerprint density at radius 3 is 2.55 bits per heavy atom. The number of hydrogen-bond donors (Lipinski definition) is 1. The third kappa shape index (κ3) is 5.06. The number of imidazole rings is 1. The van der Waals surface area contributed by atoms with Crippen LogP contribution >= 0.6 is 0 Å². The Hall–Kier alpha value is -3.31. The van der Waals surface area contributed by atoms with Crippen molar-refractivity contribution in [3.8, 4) is 11.5 Å². The first-order valence-corrected chi connectivity index (χ1v) is 10.5. The van der Waals surface area contributed by atoms with Crippen LogP contribution in [0, 0.1) is 20.8 Å². The number of aryl methyl sites for hydroxylation is 3. The molecule has 160 valence electrons. The number of aliphatic hydroxyl groups is 1. The predicted molar refractivity (Wildman–Crippen MR) is 123 cm³/mol. The van der Waals surface area contributed by atoms with Crippen LogP contribution in [0.1, 0.15) is 22.5 Å². The second-order valence-electron chi connectivity index (χ2n) is 7.97. The molecule has 1 aromatic heterocycles. The zero-order chi connectivity index (χ0) is 21.8. The summed E-state index contributed by atoms with van der Waals surface area (Å²) in [5.74, 6) is 2.38. The fourth-order valence-corrected chi connectivity index (χ4v) is 3.60. The Kier molecular flexibility index (Phi) is 6.23. The molecule has 1 atom stereocenters. The molecule has 1 heterocycles. The average molecular weight is 417 g/mol. The molecule has 0 aliphatic carbocycles. The van der Waals surface area contributed by atoms with Crippen LogP contribution in [-0.4, -0.2) is 27.4 Å². The normalized spacial score (nSPS) is 12.1. The summed E-state index contributed by atoms with van der Waals surface area (Å²) in [6.45, 7) is 6.97. The molecular weight excluding hydrogens is 388 g/mol. The SMILES string of the molecule is Cc1cccc(OCc2nc3ccccc3n2C[C@H](O)COc2cc(C)ccc2C)c1. The largest absolute Gasteiger partial charge is 0.491 e. The molecule has 5 nitrogen and oxygen atoms in total. The van der Waals surface area contributed by atoms with E-state index in [1.807, 2.05) is 86.0 Å². The first kappa shape index (κ1) is 20.9. The minimum absolute atomic E-state index is 0.203. The van der Waals surface area contributed by atoms with E-state index in [2.05, 4.69) is 6.07 Å². The Balaban J connectivity index is 1.50. The summed E-state index contributed by atoms with van der Waals surface area (Å²) in [7, 11) is 0. The molecule has 0 saturated carbocycles. The number of rotatable bonds is 8. The maximum absolute atomic E-state index is 10.7. The van der Waals surface area contributed by atoms with Crippen LogP contribution in [-0.2, 0) is 13.2 Å². The summed E-state index contributed by atoms with van der Waals surface area (Å²) < 4.78 is 13.9. The maximum atomic E-state index is 10.7. The van der Waals surface area contributed by atoms with Gasteiger partial charge in [0.15, 0.2) is 0 Å². The number of nitrogens with zero attached hydrogens (tertiary/aromatic N) is 2. The van der Waals surface area contributed by atoms with Crippen molar-refractivity contribution in [3.05, 3.63) is 89.2 Å². The van der Waals surface area contributed by atoms with E-state index in [1.54, 1.807) is 0 Å². The summed E-state index contributed by atoms with van der Waals surface area (Å²) in [5.41, 5.74) is 5.18. The first-order valence-electron chi connectivity index (χ1n) is 10.5. The summed E-state index contributed by atoms with van der Waals surface area (Å²) in [5, 5.41) is 10.7. The van der Waals surface area contributed by atoms with Crippen molar-refractivity contribution in [1.82, 2.24) is 9.55 Å². The van der Waals surface area contributed by atoms with Crippen LogP contribution in [0.25, 0.3) is 11.0 Å².